The molecule has 0 spiro atoms. The van der Waals surface area contributed by atoms with Crippen molar-refractivity contribution >= 4 is 18.2 Å². The summed E-state index contributed by atoms with van der Waals surface area (Å²) in [5.41, 5.74) is -0.481. The third-order valence-corrected chi connectivity index (χ3v) is 3.82. The van der Waals surface area contributed by atoms with Gasteiger partial charge in [0, 0.05) is 6.20 Å². The van der Waals surface area contributed by atoms with Gasteiger partial charge in [0.2, 0.25) is 0 Å². The Hall–Kier alpha value is -3.36. The van der Waals surface area contributed by atoms with Crippen LogP contribution in [0.3, 0.4) is 0 Å². The van der Waals surface area contributed by atoms with E-state index in [4.69, 9.17) is 0 Å². The molecule has 0 aliphatic carbocycles. The first-order chi connectivity index (χ1) is 12.4. The van der Waals surface area contributed by atoms with Crippen LogP contribution in [0.25, 0.3) is 0 Å². The zero-order valence-corrected chi connectivity index (χ0v) is 13.6. The van der Waals surface area contributed by atoms with Gasteiger partial charge >= 0.3 is 12.6 Å². The lowest BCUT2D eigenvalue weighted by molar-refractivity contribution is -0.131. The number of hydrogen-bond donors (Lipinski definition) is 1. The highest BCUT2D eigenvalue weighted by molar-refractivity contribution is 6.07. The molecular weight excluding hydrogens is 346 g/mol. The number of hydrogen-bond acceptors (Lipinski definition) is 5. The zero-order valence-electron chi connectivity index (χ0n) is 13.6. The van der Waals surface area contributed by atoms with E-state index in [1.807, 2.05) is 0 Å². The minimum absolute atomic E-state index is 0.0471. The molecule has 1 N–H and O–H groups in total. The Morgan fingerprint density at radius 2 is 1.96 bits per heavy atom. The molecule has 26 heavy (non-hydrogen) atoms. The monoisotopic (exact) mass is 360 g/mol. The summed E-state index contributed by atoms with van der Waals surface area (Å²) < 4.78 is 28.7. The number of alkyl halides is 2. The van der Waals surface area contributed by atoms with Crippen molar-refractivity contribution in [3.8, 4) is 5.75 Å². The molecule has 2 aromatic rings. The first-order valence-electron chi connectivity index (χ1n) is 7.57. The number of halogens is 2. The molecule has 9 heteroatoms. The zero-order chi connectivity index (χ0) is 18.7. The van der Waals surface area contributed by atoms with E-state index in [0.29, 0.717) is 16.3 Å². The molecular formula is C17H14F2N4O3. The van der Waals surface area contributed by atoms with E-state index in [1.165, 1.54) is 37.4 Å². The van der Waals surface area contributed by atoms with Crippen molar-refractivity contribution in [2.75, 3.05) is 0 Å². The average molecular weight is 360 g/mol. The summed E-state index contributed by atoms with van der Waals surface area (Å²) in [5.74, 6) is -0.647. The number of hydrazone groups is 1. The minimum Gasteiger partial charge on any atom is -0.435 e. The summed E-state index contributed by atoms with van der Waals surface area (Å²) in [6.07, 6.45) is 2.85. The van der Waals surface area contributed by atoms with Gasteiger partial charge in [-0.05, 0) is 36.8 Å². The molecule has 2 heterocycles. The molecule has 0 radical (unpaired) electrons. The maximum absolute atomic E-state index is 12.7. The second kappa shape index (κ2) is 6.87. The number of benzene rings is 1. The smallest absolute Gasteiger partial charge is 0.387 e. The van der Waals surface area contributed by atoms with Gasteiger partial charge < -0.3 is 10.1 Å². The quantitative estimate of drug-likeness (QED) is 0.656. The Kier molecular flexibility index (Phi) is 4.61. The number of amides is 3. The number of imide groups is 1. The lowest BCUT2D eigenvalue weighted by atomic mass is 9.92. The lowest BCUT2D eigenvalue weighted by Gasteiger charge is -2.21. The van der Waals surface area contributed by atoms with E-state index < -0.39 is 24.1 Å². The molecule has 1 aliphatic rings. The first-order valence-corrected chi connectivity index (χ1v) is 7.57. The topological polar surface area (TPSA) is 83.9 Å². The van der Waals surface area contributed by atoms with Crippen LogP contribution in [0.5, 0.6) is 5.75 Å². The van der Waals surface area contributed by atoms with E-state index in [1.54, 1.807) is 24.4 Å². The Morgan fingerprint density at radius 1 is 1.23 bits per heavy atom. The molecule has 134 valence electrons. The molecule has 3 rings (SSSR count). The Labute approximate surface area is 147 Å². The Bertz CT molecular complexity index is 843. The van der Waals surface area contributed by atoms with Crippen molar-refractivity contribution in [3.05, 3.63) is 59.9 Å². The minimum atomic E-state index is -2.94. The van der Waals surface area contributed by atoms with Crippen LogP contribution in [0, 0.1) is 0 Å². The van der Waals surface area contributed by atoms with Crippen LogP contribution >= 0.6 is 0 Å². The van der Waals surface area contributed by atoms with Crippen molar-refractivity contribution in [1.82, 2.24) is 15.3 Å². The fraction of sp³-hybridized carbons (Fsp3) is 0.176. The fourth-order valence-electron chi connectivity index (χ4n) is 2.46. The van der Waals surface area contributed by atoms with Gasteiger partial charge in [-0.1, -0.05) is 18.2 Å². The van der Waals surface area contributed by atoms with Crippen LogP contribution in [0.4, 0.5) is 13.6 Å². The van der Waals surface area contributed by atoms with E-state index in [9.17, 15) is 18.4 Å². The normalized spacial score (nSPS) is 20.1. The van der Waals surface area contributed by atoms with Gasteiger partial charge in [0.05, 0.1) is 11.9 Å². The number of pyridine rings is 1. The Morgan fingerprint density at radius 3 is 2.58 bits per heavy atom. The fourth-order valence-corrected chi connectivity index (χ4v) is 2.46. The summed E-state index contributed by atoms with van der Waals surface area (Å²) in [6, 6.07) is 9.90. The third kappa shape index (κ3) is 3.37. The summed E-state index contributed by atoms with van der Waals surface area (Å²) in [7, 11) is 0. The average Bonchev–Trinajstić information content (AvgIpc) is 2.84. The number of nitrogens with zero attached hydrogens (tertiary/aromatic N) is 3. The molecule has 1 atom stereocenters. The van der Waals surface area contributed by atoms with Crippen LogP contribution in [-0.2, 0) is 10.3 Å². The molecule has 1 fully saturated rings. The maximum Gasteiger partial charge on any atom is 0.387 e. The maximum atomic E-state index is 12.7. The van der Waals surface area contributed by atoms with Crippen molar-refractivity contribution in [2.24, 2.45) is 5.10 Å². The van der Waals surface area contributed by atoms with E-state index in [2.05, 4.69) is 20.1 Å². The molecule has 1 aromatic carbocycles. The molecule has 0 unspecified atom stereocenters. The highest BCUT2D eigenvalue weighted by Gasteiger charge is 2.49. The SMILES string of the molecule is C[C@]1(c2ccc(OC(F)F)cc2)NC(=O)N(/N=C\c2ccccn2)C1=O. The summed E-state index contributed by atoms with van der Waals surface area (Å²) >= 11 is 0. The highest BCUT2D eigenvalue weighted by atomic mass is 19.3. The van der Waals surface area contributed by atoms with Gasteiger partial charge in [-0.3, -0.25) is 9.78 Å². The molecule has 7 nitrogen and oxygen atoms in total. The van der Waals surface area contributed by atoms with Crippen molar-refractivity contribution in [3.63, 3.8) is 0 Å². The second-order valence-corrected chi connectivity index (χ2v) is 5.57. The van der Waals surface area contributed by atoms with Crippen molar-refractivity contribution in [1.29, 1.82) is 0 Å². The van der Waals surface area contributed by atoms with Gasteiger partial charge in [0.25, 0.3) is 5.91 Å². The standard InChI is InChI=1S/C17H14F2N4O3/c1-17(11-5-7-13(8-6-11)26-15(18)19)14(24)23(16(25)22-17)21-10-12-4-2-3-9-20-12/h2-10,15H,1H3,(H,22,25)/b21-10-/t17-/m1/s1. The number of carbonyl (C=O) groups excluding carboxylic acids is 2. The van der Waals surface area contributed by atoms with Crippen molar-refractivity contribution in [2.45, 2.75) is 19.1 Å². The van der Waals surface area contributed by atoms with Gasteiger partial charge in [0.1, 0.15) is 11.3 Å². The van der Waals surface area contributed by atoms with Gasteiger partial charge in [-0.2, -0.15) is 13.9 Å². The summed E-state index contributed by atoms with van der Waals surface area (Å²) in [6.45, 7) is -1.44. The van der Waals surface area contributed by atoms with Crippen LogP contribution in [0.1, 0.15) is 18.2 Å². The number of aromatic nitrogens is 1. The van der Waals surface area contributed by atoms with Crippen LogP contribution in [0.15, 0.2) is 53.8 Å². The van der Waals surface area contributed by atoms with E-state index >= 15 is 0 Å². The predicted molar refractivity (Wildman–Crippen MR) is 87.6 cm³/mol. The van der Waals surface area contributed by atoms with Crippen LogP contribution < -0.4 is 10.1 Å². The summed E-state index contributed by atoms with van der Waals surface area (Å²) in [4.78, 5) is 28.8. The number of nitrogens with one attached hydrogen (secondary N) is 1. The number of ether oxygens (including phenoxy) is 1. The number of carbonyl (C=O) groups is 2. The summed E-state index contributed by atoms with van der Waals surface area (Å²) in [5, 5.41) is 7.16. The molecule has 1 aliphatic heterocycles. The largest absolute Gasteiger partial charge is 0.435 e. The van der Waals surface area contributed by atoms with E-state index in [-0.39, 0.29) is 5.75 Å². The van der Waals surface area contributed by atoms with Gasteiger partial charge in [0.15, 0.2) is 0 Å². The van der Waals surface area contributed by atoms with Crippen LogP contribution in [-0.4, -0.2) is 34.8 Å². The lowest BCUT2D eigenvalue weighted by Crippen LogP contribution is -2.40. The molecule has 0 bridgehead atoms. The van der Waals surface area contributed by atoms with Crippen molar-refractivity contribution < 1.29 is 23.1 Å². The molecule has 1 saturated heterocycles. The Balaban J connectivity index is 1.81. The predicted octanol–water partition coefficient (Wildman–Crippen LogP) is 2.48. The van der Waals surface area contributed by atoms with Crippen LogP contribution in [0.2, 0.25) is 0 Å². The van der Waals surface area contributed by atoms with E-state index in [0.717, 1.165) is 0 Å². The molecule has 3 amide bonds. The number of urea groups is 1. The van der Waals surface area contributed by atoms with Gasteiger partial charge in [-0.25, -0.2) is 4.79 Å². The molecule has 0 saturated carbocycles. The first kappa shape index (κ1) is 17.5. The highest BCUT2D eigenvalue weighted by Crippen LogP contribution is 2.30. The second-order valence-electron chi connectivity index (χ2n) is 5.57. The molecule has 1 aromatic heterocycles. The van der Waals surface area contributed by atoms with Gasteiger partial charge in [-0.15, -0.1) is 5.01 Å². The number of rotatable bonds is 5. The third-order valence-electron chi connectivity index (χ3n) is 3.82.